The Bertz CT molecular complexity index is 728. The molecule has 0 spiro atoms. The minimum absolute atomic E-state index is 0.000832. The van der Waals surface area contributed by atoms with Gasteiger partial charge in [0.15, 0.2) is 0 Å². The molecule has 0 aromatic heterocycles. The van der Waals surface area contributed by atoms with Crippen molar-refractivity contribution < 1.29 is 27.8 Å². The highest BCUT2D eigenvalue weighted by atomic mass is 35.5. The van der Waals surface area contributed by atoms with E-state index in [1.807, 2.05) is 0 Å². The average Bonchev–Trinajstić information content (AvgIpc) is 2.55. The van der Waals surface area contributed by atoms with Crippen molar-refractivity contribution in [3.8, 4) is 5.75 Å². The number of aliphatic carboxylic acids is 1. The van der Waals surface area contributed by atoms with Crippen LogP contribution in [0.15, 0.2) is 17.0 Å². The third-order valence-corrected chi connectivity index (χ3v) is 6.08. The number of methoxy groups -OCH3 is 1. The summed E-state index contributed by atoms with van der Waals surface area (Å²) in [7, 11) is -2.46. The number of rotatable bonds is 6. The average molecular weight is 378 g/mol. The fourth-order valence-electron chi connectivity index (χ4n) is 2.62. The molecule has 1 saturated heterocycles. The zero-order valence-electron chi connectivity index (χ0n) is 13.5. The van der Waals surface area contributed by atoms with Gasteiger partial charge in [0.2, 0.25) is 10.0 Å². The van der Waals surface area contributed by atoms with Gasteiger partial charge in [0.25, 0.3) is 0 Å². The second-order valence-corrected chi connectivity index (χ2v) is 7.92. The van der Waals surface area contributed by atoms with Crippen molar-refractivity contribution in [1.82, 2.24) is 4.72 Å². The highest BCUT2D eigenvalue weighted by Crippen LogP contribution is 2.32. The lowest BCUT2D eigenvalue weighted by molar-refractivity contribution is -0.154. The second kappa shape index (κ2) is 7.26. The number of carboxylic acids is 1. The SMILES string of the molecule is COc1cc(C)c(S(=O)(=O)NCC2(C(=O)O)CCOCC2)cc1Cl. The topological polar surface area (TPSA) is 102 Å². The molecule has 0 atom stereocenters. The predicted octanol–water partition coefficient (Wildman–Crippen LogP) is 1.82. The zero-order valence-corrected chi connectivity index (χ0v) is 15.0. The molecule has 1 aromatic carbocycles. The highest BCUT2D eigenvalue weighted by Gasteiger charge is 2.41. The molecule has 1 fully saturated rings. The van der Waals surface area contributed by atoms with E-state index in [1.165, 1.54) is 19.2 Å². The normalized spacial score (nSPS) is 17.5. The number of carbonyl (C=O) groups is 1. The third-order valence-electron chi connectivity index (χ3n) is 4.24. The van der Waals surface area contributed by atoms with Gasteiger partial charge < -0.3 is 14.6 Å². The molecule has 9 heteroatoms. The van der Waals surface area contributed by atoms with Crippen LogP contribution in [0.3, 0.4) is 0 Å². The molecule has 24 heavy (non-hydrogen) atoms. The van der Waals surface area contributed by atoms with Crippen LogP contribution in [0.1, 0.15) is 18.4 Å². The van der Waals surface area contributed by atoms with Gasteiger partial charge in [-0.05, 0) is 37.5 Å². The van der Waals surface area contributed by atoms with Crippen molar-refractivity contribution in [2.75, 3.05) is 26.9 Å². The molecular weight excluding hydrogens is 358 g/mol. The highest BCUT2D eigenvalue weighted by molar-refractivity contribution is 7.89. The first-order valence-electron chi connectivity index (χ1n) is 7.37. The molecule has 1 aliphatic heterocycles. The second-order valence-electron chi connectivity index (χ2n) is 5.77. The van der Waals surface area contributed by atoms with Gasteiger partial charge in [-0.3, -0.25) is 4.79 Å². The minimum Gasteiger partial charge on any atom is -0.495 e. The quantitative estimate of drug-likeness (QED) is 0.784. The monoisotopic (exact) mass is 377 g/mol. The number of benzene rings is 1. The lowest BCUT2D eigenvalue weighted by Crippen LogP contribution is -2.46. The van der Waals surface area contributed by atoms with Crippen LogP contribution in [0.4, 0.5) is 0 Å². The van der Waals surface area contributed by atoms with Crippen LogP contribution >= 0.6 is 11.6 Å². The Morgan fingerprint density at radius 1 is 1.42 bits per heavy atom. The number of hydrogen-bond acceptors (Lipinski definition) is 5. The molecular formula is C15H20ClNO6S. The van der Waals surface area contributed by atoms with Crippen molar-refractivity contribution in [1.29, 1.82) is 0 Å². The summed E-state index contributed by atoms with van der Waals surface area (Å²) < 4.78 is 37.8. The Hall–Kier alpha value is -1.35. The number of nitrogens with one attached hydrogen (secondary N) is 1. The third kappa shape index (κ3) is 3.83. The van der Waals surface area contributed by atoms with Crippen LogP contribution in [0.5, 0.6) is 5.75 Å². The Kier molecular flexibility index (Phi) is 5.74. The molecule has 0 amide bonds. The maximum atomic E-state index is 12.6. The zero-order chi connectivity index (χ0) is 18.0. The molecule has 1 heterocycles. The Morgan fingerprint density at radius 2 is 2.04 bits per heavy atom. The summed E-state index contributed by atoms with van der Waals surface area (Å²) in [5.74, 6) is -0.655. The van der Waals surface area contributed by atoms with Crippen LogP contribution in [-0.4, -0.2) is 46.4 Å². The standard InChI is InChI=1S/C15H20ClNO6S/c1-10-7-12(22-2)11(16)8-13(10)24(20,21)17-9-15(14(18)19)3-5-23-6-4-15/h7-8,17H,3-6,9H2,1-2H3,(H,18,19). The molecule has 2 N–H and O–H groups in total. The first-order valence-corrected chi connectivity index (χ1v) is 9.23. The minimum atomic E-state index is -3.90. The van der Waals surface area contributed by atoms with Crippen molar-refractivity contribution in [2.24, 2.45) is 5.41 Å². The van der Waals surface area contributed by atoms with Gasteiger partial charge in [-0.1, -0.05) is 11.6 Å². The van der Waals surface area contributed by atoms with E-state index < -0.39 is 21.4 Å². The van der Waals surface area contributed by atoms with Gasteiger partial charge in [0.05, 0.1) is 22.4 Å². The lowest BCUT2D eigenvalue weighted by atomic mass is 9.80. The fourth-order valence-corrected chi connectivity index (χ4v) is 4.31. The Balaban J connectivity index is 2.25. The van der Waals surface area contributed by atoms with Crippen molar-refractivity contribution in [2.45, 2.75) is 24.7 Å². The Labute approximate surface area is 146 Å². The summed E-state index contributed by atoms with van der Waals surface area (Å²) in [6, 6.07) is 2.83. The van der Waals surface area contributed by atoms with E-state index in [0.29, 0.717) is 24.5 Å². The van der Waals surface area contributed by atoms with Crippen LogP contribution in [0.2, 0.25) is 5.02 Å². The van der Waals surface area contributed by atoms with Gasteiger partial charge in [-0.25, -0.2) is 13.1 Å². The molecule has 0 radical (unpaired) electrons. The van der Waals surface area contributed by atoms with Crippen molar-refractivity contribution in [3.05, 3.63) is 22.7 Å². The first kappa shape index (κ1) is 19.0. The molecule has 7 nitrogen and oxygen atoms in total. The smallest absolute Gasteiger partial charge is 0.311 e. The molecule has 2 rings (SSSR count). The molecule has 0 bridgehead atoms. The van der Waals surface area contributed by atoms with E-state index in [4.69, 9.17) is 21.1 Å². The molecule has 0 unspecified atom stereocenters. The van der Waals surface area contributed by atoms with E-state index in [1.54, 1.807) is 6.92 Å². The van der Waals surface area contributed by atoms with Crippen molar-refractivity contribution in [3.63, 3.8) is 0 Å². The first-order chi connectivity index (χ1) is 11.2. The van der Waals surface area contributed by atoms with E-state index in [2.05, 4.69) is 4.72 Å². The van der Waals surface area contributed by atoms with E-state index >= 15 is 0 Å². The molecule has 0 saturated carbocycles. The largest absolute Gasteiger partial charge is 0.495 e. The van der Waals surface area contributed by atoms with Gasteiger partial charge in [-0.2, -0.15) is 0 Å². The summed E-state index contributed by atoms with van der Waals surface area (Å²) >= 11 is 6.01. The van der Waals surface area contributed by atoms with Gasteiger partial charge >= 0.3 is 5.97 Å². The van der Waals surface area contributed by atoms with Gasteiger partial charge in [-0.15, -0.1) is 0 Å². The summed E-state index contributed by atoms with van der Waals surface area (Å²) in [4.78, 5) is 11.6. The number of halogens is 1. The maximum Gasteiger partial charge on any atom is 0.311 e. The molecule has 134 valence electrons. The maximum absolute atomic E-state index is 12.6. The lowest BCUT2D eigenvalue weighted by Gasteiger charge is -2.33. The summed E-state index contributed by atoms with van der Waals surface area (Å²) in [5.41, 5.74) is -0.699. The molecule has 1 aromatic rings. The van der Waals surface area contributed by atoms with Crippen LogP contribution in [-0.2, 0) is 19.6 Å². The summed E-state index contributed by atoms with van der Waals surface area (Å²) in [6.45, 7) is 2.01. The number of hydrogen-bond donors (Lipinski definition) is 2. The van der Waals surface area contributed by atoms with Crippen LogP contribution in [0.25, 0.3) is 0 Å². The van der Waals surface area contributed by atoms with Crippen molar-refractivity contribution >= 4 is 27.6 Å². The summed E-state index contributed by atoms with van der Waals surface area (Å²) in [6.07, 6.45) is 0.514. The summed E-state index contributed by atoms with van der Waals surface area (Å²) in [5, 5.41) is 9.66. The number of aryl methyl sites for hydroxylation is 1. The molecule has 1 aliphatic rings. The number of ether oxygens (including phenoxy) is 2. The Morgan fingerprint density at radius 3 is 2.58 bits per heavy atom. The number of sulfonamides is 1. The van der Waals surface area contributed by atoms with E-state index in [0.717, 1.165) is 0 Å². The van der Waals surface area contributed by atoms with Gasteiger partial charge in [0, 0.05) is 19.8 Å². The van der Waals surface area contributed by atoms with Crippen LogP contribution < -0.4 is 9.46 Å². The predicted molar refractivity (Wildman–Crippen MR) is 88.1 cm³/mol. The van der Waals surface area contributed by atoms with E-state index in [9.17, 15) is 18.3 Å². The number of carboxylic acid groups (broad SMARTS) is 1. The van der Waals surface area contributed by atoms with E-state index in [-0.39, 0.29) is 29.3 Å². The van der Waals surface area contributed by atoms with Gasteiger partial charge in [0.1, 0.15) is 5.75 Å². The molecule has 0 aliphatic carbocycles. The van der Waals surface area contributed by atoms with Crippen LogP contribution in [0, 0.1) is 12.3 Å². The fraction of sp³-hybridized carbons (Fsp3) is 0.533.